The van der Waals surface area contributed by atoms with Crippen molar-refractivity contribution in [2.24, 2.45) is 5.41 Å². The molecule has 1 unspecified atom stereocenters. The quantitative estimate of drug-likeness (QED) is 0.877. The highest BCUT2D eigenvalue weighted by molar-refractivity contribution is 5.85. The fourth-order valence-electron chi connectivity index (χ4n) is 4.00. The minimum absolute atomic E-state index is 0. The summed E-state index contributed by atoms with van der Waals surface area (Å²) in [7, 11) is 0. The van der Waals surface area contributed by atoms with Crippen LogP contribution in [0, 0.1) is 5.41 Å². The highest BCUT2D eigenvalue weighted by Gasteiger charge is 2.44. The topological polar surface area (TPSA) is 32.3 Å². The lowest BCUT2D eigenvalue weighted by atomic mass is 9.73. The van der Waals surface area contributed by atoms with Crippen molar-refractivity contribution in [1.82, 2.24) is 10.2 Å². The highest BCUT2D eigenvalue weighted by atomic mass is 35.5. The number of benzene rings is 1. The maximum absolute atomic E-state index is 13.0. The van der Waals surface area contributed by atoms with E-state index in [4.69, 9.17) is 0 Å². The summed E-state index contributed by atoms with van der Waals surface area (Å²) in [6.07, 6.45) is 4.37. The average Bonchev–Trinajstić information content (AvgIpc) is 2.53. The van der Waals surface area contributed by atoms with Crippen LogP contribution in [0.2, 0.25) is 0 Å². The van der Waals surface area contributed by atoms with Crippen LogP contribution in [0.1, 0.15) is 57.6 Å². The number of piperidine rings is 2. The SMILES string of the molecule is CC(C)(C)c1ccc(CN2CCCC3(CCCNC3)C2=O)cc1.Cl. The molecular weight excluding hydrogens is 320 g/mol. The molecule has 0 aromatic heterocycles. The Balaban J connectivity index is 0.00000208. The number of halogens is 1. The maximum Gasteiger partial charge on any atom is 0.230 e. The normalized spacial score (nSPS) is 24.8. The summed E-state index contributed by atoms with van der Waals surface area (Å²) in [4.78, 5) is 15.1. The Hall–Kier alpha value is -1.06. The van der Waals surface area contributed by atoms with E-state index in [-0.39, 0.29) is 23.2 Å². The predicted molar refractivity (Wildman–Crippen MR) is 102 cm³/mol. The number of amides is 1. The highest BCUT2D eigenvalue weighted by Crippen LogP contribution is 2.37. The molecule has 1 aromatic rings. The Labute approximate surface area is 152 Å². The first-order valence-electron chi connectivity index (χ1n) is 9.00. The van der Waals surface area contributed by atoms with Crippen molar-refractivity contribution < 1.29 is 4.79 Å². The Morgan fingerprint density at radius 1 is 1.12 bits per heavy atom. The summed E-state index contributed by atoms with van der Waals surface area (Å²) >= 11 is 0. The van der Waals surface area contributed by atoms with Crippen LogP contribution >= 0.6 is 12.4 Å². The summed E-state index contributed by atoms with van der Waals surface area (Å²) in [5, 5.41) is 3.44. The molecule has 1 amide bonds. The number of rotatable bonds is 2. The van der Waals surface area contributed by atoms with Crippen LogP contribution in [0.3, 0.4) is 0 Å². The largest absolute Gasteiger partial charge is 0.338 e. The number of hydrogen-bond donors (Lipinski definition) is 1. The maximum atomic E-state index is 13.0. The molecule has 0 bridgehead atoms. The molecule has 134 valence electrons. The average molecular weight is 351 g/mol. The third-order valence-corrected chi connectivity index (χ3v) is 5.49. The van der Waals surface area contributed by atoms with Gasteiger partial charge in [0, 0.05) is 19.6 Å². The van der Waals surface area contributed by atoms with E-state index in [0.717, 1.165) is 51.9 Å². The zero-order chi connectivity index (χ0) is 16.5. The monoisotopic (exact) mass is 350 g/mol. The van der Waals surface area contributed by atoms with Crippen molar-refractivity contribution in [3.8, 4) is 0 Å². The lowest BCUT2D eigenvalue weighted by Crippen LogP contribution is -2.54. The van der Waals surface area contributed by atoms with Gasteiger partial charge in [-0.1, -0.05) is 45.0 Å². The van der Waals surface area contributed by atoms with Gasteiger partial charge in [-0.25, -0.2) is 0 Å². The molecule has 1 aromatic carbocycles. The number of likely N-dealkylation sites (tertiary alicyclic amines) is 1. The van der Waals surface area contributed by atoms with Gasteiger partial charge < -0.3 is 10.2 Å². The van der Waals surface area contributed by atoms with Crippen LogP contribution in [-0.4, -0.2) is 30.4 Å². The van der Waals surface area contributed by atoms with Gasteiger partial charge in [-0.15, -0.1) is 12.4 Å². The van der Waals surface area contributed by atoms with E-state index in [9.17, 15) is 4.79 Å². The van der Waals surface area contributed by atoms with Crippen molar-refractivity contribution >= 4 is 18.3 Å². The van der Waals surface area contributed by atoms with Gasteiger partial charge in [0.2, 0.25) is 5.91 Å². The first kappa shape index (κ1) is 19.3. The standard InChI is InChI=1S/C20H30N2O.ClH/c1-19(2,3)17-8-6-16(7-9-17)14-22-13-5-11-20(18(22)23)10-4-12-21-15-20;/h6-9,21H,4-5,10-15H2,1-3H3;1H. The van der Waals surface area contributed by atoms with Gasteiger partial charge in [0.25, 0.3) is 0 Å². The van der Waals surface area contributed by atoms with Crippen molar-refractivity contribution in [2.45, 2.75) is 58.4 Å². The summed E-state index contributed by atoms with van der Waals surface area (Å²) in [6, 6.07) is 8.80. The van der Waals surface area contributed by atoms with E-state index in [1.165, 1.54) is 11.1 Å². The molecule has 0 saturated carbocycles. The first-order chi connectivity index (χ1) is 10.9. The molecule has 3 rings (SSSR count). The van der Waals surface area contributed by atoms with Crippen LogP contribution < -0.4 is 5.32 Å². The van der Waals surface area contributed by atoms with E-state index in [1.807, 2.05) is 0 Å². The Morgan fingerprint density at radius 2 is 1.79 bits per heavy atom. The molecule has 1 spiro atoms. The van der Waals surface area contributed by atoms with E-state index in [0.29, 0.717) is 5.91 Å². The second kappa shape index (κ2) is 7.45. The summed E-state index contributed by atoms with van der Waals surface area (Å²) in [5.74, 6) is 0.371. The predicted octanol–water partition coefficient (Wildman–Crippen LogP) is 3.90. The molecule has 24 heavy (non-hydrogen) atoms. The van der Waals surface area contributed by atoms with Gasteiger partial charge in [0.05, 0.1) is 5.41 Å². The second-order valence-corrected chi connectivity index (χ2v) is 8.34. The summed E-state index contributed by atoms with van der Waals surface area (Å²) in [6.45, 7) is 10.3. The number of nitrogens with one attached hydrogen (secondary N) is 1. The molecule has 2 aliphatic rings. The van der Waals surface area contributed by atoms with Gasteiger partial charge in [-0.05, 0) is 48.8 Å². The Bertz CT molecular complexity index is 550. The molecule has 4 heteroatoms. The Kier molecular flexibility index (Phi) is 5.98. The van der Waals surface area contributed by atoms with Crippen molar-refractivity contribution in [2.75, 3.05) is 19.6 Å². The van der Waals surface area contributed by atoms with E-state index in [1.54, 1.807) is 0 Å². The molecule has 0 radical (unpaired) electrons. The van der Waals surface area contributed by atoms with Crippen LogP contribution in [0.4, 0.5) is 0 Å². The smallest absolute Gasteiger partial charge is 0.230 e. The lowest BCUT2D eigenvalue weighted by molar-refractivity contribution is -0.148. The van der Waals surface area contributed by atoms with E-state index in [2.05, 4.69) is 55.3 Å². The second-order valence-electron chi connectivity index (χ2n) is 8.34. The fourth-order valence-corrected chi connectivity index (χ4v) is 4.00. The van der Waals surface area contributed by atoms with Crippen LogP contribution in [-0.2, 0) is 16.8 Å². The third kappa shape index (κ3) is 3.94. The van der Waals surface area contributed by atoms with Gasteiger partial charge in [-0.3, -0.25) is 4.79 Å². The molecule has 1 N–H and O–H groups in total. The van der Waals surface area contributed by atoms with Gasteiger partial charge in [0.15, 0.2) is 0 Å². The fraction of sp³-hybridized carbons (Fsp3) is 0.650. The minimum atomic E-state index is -0.123. The van der Waals surface area contributed by atoms with E-state index >= 15 is 0 Å². The number of carbonyl (C=O) groups is 1. The van der Waals surface area contributed by atoms with Crippen LogP contribution in [0.5, 0.6) is 0 Å². The van der Waals surface area contributed by atoms with E-state index < -0.39 is 0 Å². The molecule has 2 saturated heterocycles. The number of nitrogens with zero attached hydrogens (tertiary/aromatic N) is 1. The molecule has 2 aliphatic heterocycles. The van der Waals surface area contributed by atoms with Crippen LogP contribution in [0.15, 0.2) is 24.3 Å². The van der Waals surface area contributed by atoms with Crippen LogP contribution in [0.25, 0.3) is 0 Å². The van der Waals surface area contributed by atoms with Crippen molar-refractivity contribution in [3.05, 3.63) is 35.4 Å². The molecule has 1 atom stereocenters. The van der Waals surface area contributed by atoms with Gasteiger partial charge >= 0.3 is 0 Å². The molecular formula is C20H31ClN2O. The Morgan fingerprint density at radius 3 is 2.38 bits per heavy atom. The minimum Gasteiger partial charge on any atom is -0.338 e. The summed E-state index contributed by atoms with van der Waals surface area (Å²) < 4.78 is 0. The molecule has 3 nitrogen and oxygen atoms in total. The molecule has 0 aliphatic carbocycles. The number of hydrogen-bond acceptors (Lipinski definition) is 2. The zero-order valence-electron chi connectivity index (χ0n) is 15.2. The van der Waals surface area contributed by atoms with Crippen molar-refractivity contribution in [1.29, 1.82) is 0 Å². The van der Waals surface area contributed by atoms with Crippen molar-refractivity contribution in [3.63, 3.8) is 0 Å². The number of carbonyl (C=O) groups excluding carboxylic acids is 1. The first-order valence-corrected chi connectivity index (χ1v) is 9.00. The third-order valence-electron chi connectivity index (χ3n) is 5.49. The molecule has 2 heterocycles. The zero-order valence-corrected chi connectivity index (χ0v) is 16.0. The summed E-state index contributed by atoms with van der Waals surface area (Å²) in [5.41, 5.74) is 2.64. The van der Waals surface area contributed by atoms with Gasteiger partial charge in [-0.2, -0.15) is 0 Å². The van der Waals surface area contributed by atoms with Gasteiger partial charge in [0.1, 0.15) is 0 Å². The molecule has 2 fully saturated rings. The lowest BCUT2D eigenvalue weighted by Gasteiger charge is -2.44.